The lowest BCUT2D eigenvalue weighted by molar-refractivity contribution is 0.586. The summed E-state index contributed by atoms with van der Waals surface area (Å²) in [4.78, 5) is 0. The molecule has 0 aromatic heterocycles. The summed E-state index contributed by atoms with van der Waals surface area (Å²) in [5, 5.41) is 0. The van der Waals surface area contributed by atoms with Gasteiger partial charge in [-0.05, 0) is 159 Å². The third-order valence-electron chi connectivity index (χ3n) is 15.4. The summed E-state index contributed by atoms with van der Waals surface area (Å²) in [6, 6.07) is 49.8. The molecule has 2 spiro atoms. The van der Waals surface area contributed by atoms with Gasteiger partial charge in [-0.15, -0.1) is 0 Å². The van der Waals surface area contributed by atoms with Gasteiger partial charge in [0.2, 0.25) is 0 Å². The van der Waals surface area contributed by atoms with Crippen LogP contribution in [0.15, 0.2) is 121 Å². The number of hydrogen-bond donors (Lipinski definition) is 0. The SMILES string of the molecule is C.Cc1ccc2c(c1)C1(c3cc(C(C)(C)C)ccc3-c3ccc(C(C)(C)C)cc31)c1cc3c(cc1-2)C1(c2cc(C)ccc2-3)c2cc(C(C)(C)C)ccc2-c2ccc(C(C)(C)C)cc21. The van der Waals surface area contributed by atoms with Crippen molar-refractivity contribution in [1.82, 2.24) is 0 Å². The lowest BCUT2D eigenvalue weighted by Gasteiger charge is -2.34. The van der Waals surface area contributed by atoms with Gasteiger partial charge >= 0.3 is 0 Å². The first kappa shape index (κ1) is 41.5. The molecule has 0 radical (unpaired) electrons. The minimum absolute atomic E-state index is 0. The Morgan fingerprint density at radius 3 is 0.714 bits per heavy atom. The Labute approximate surface area is 378 Å². The predicted octanol–water partition coefficient (Wildman–Crippen LogP) is 16.8. The van der Waals surface area contributed by atoms with Crippen LogP contribution in [0.25, 0.3) is 44.5 Å². The zero-order valence-electron chi connectivity index (χ0n) is 39.5. The second-order valence-corrected chi connectivity index (χ2v) is 23.6. The molecule has 318 valence electrons. The third-order valence-corrected chi connectivity index (χ3v) is 15.4. The third kappa shape index (κ3) is 5.40. The molecule has 4 aliphatic rings. The molecule has 0 heterocycles. The standard InChI is InChI=1S/C62H62.CH4/c1-35-15-21-45-47-33-56-48(34-55(47)61(49(45)27-35)51-29-37(57(3,4)5)17-23-41(51)42-24-18-38(30-52(42)61)58(6,7)8)46-22-16-36(2)28-50(46)62(56)53-31-39(59(9,10)11)19-25-43(53)44-26-20-40(32-54(44)62)60(12,13)14;/h15-34H,1-14H3;1H4. The molecule has 7 aromatic carbocycles. The van der Waals surface area contributed by atoms with E-state index in [-0.39, 0.29) is 29.1 Å². The fourth-order valence-corrected chi connectivity index (χ4v) is 12.0. The van der Waals surface area contributed by atoms with Gasteiger partial charge in [-0.25, -0.2) is 0 Å². The Morgan fingerprint density at radius 1 is 0.254 bits per heavy atom. The van der Waals surface area contributed by atoms with Crippen molar-refractivity contribution in [3.05, 3.63) is 199 Å². The van der Waals surface area contributed by atoms with Gasteiger partial charge in [-0.2, -0.15) is 0 Å². The number of hydrogen-bond acceptors (Lipinski definition) is 0. The van der Waals surface area contributed by atoms with Crippen LogP contribution in [0.3, 0.4) is 0 Å². The van der Waals surface area contributed by atoms with Crippen molar-refractivity contribution in [2.45, 2.75) is 137 Å². The van der Waals surface area contributed by atoms with Crippen LogP contribution >= 0.6 is 0 Å². The summed E-state index contributed by atoms with van der Waals surface area (Å²) < 4.78 is 0. The van der Waals surface area contributed by atoms with Crippen LogP contribution in [0.1, 0.15) is 168 Å². The van der Waals surface area contributed by atoms with Crippen LogP contribution in [0.4, 0.5) is 0 Å². The maximum atomic E-state index is 2.69. The summed E-state index contributed by atoms with van der Waals surface area (Å²) in [5.41, 5.74) is 29.5. The zero-order valence-corrected chi connectivity index (χ0v) is 39.5. The quantitative estimate of drug-likeness (QED) is 0.143. The van der Waals surface area contributed by atoms with E-state index in [9.17, 15) is 0 Å². The number of fused-ring (bicyclic) bond motifs is 20. The molecular formula is C63H66. The summed E-state index contributed by atoms with van der Waals surface area (Å²) in [6.45, 7) is 32.9. The fourth-order valence-electron chi connectivity index (χ4n) is 12.0. The van der Waals surface area contributed by atoms with E-state index >= 15 is 0 Å². The van der Waals surface area contributed by atoms with E-state index in [1.165, 1.54) is 122 Å². The molecule has 11 rings (SSSR count). The van der Waals surface area contributed by atoms with E-state index in [2.05, 4.69) is 218 Å². The molecule has 0 saturated heterocycles. The molecular weight excluding hydrogens is 757 g/mol. The van der Waals surface area contributed by atoms with Gasteiger partial charge in [0.05, 0.1) is 10.8 Å². The smallest absolute Gasteiger partial charge is 0.0726 e. The van der Waals surface area contributed by atoms with Crippen LogP contribution in [-0.4, -0.2) is 0 Å². The van der Waals surface area contributed by atoms with Crippen molar-refractivity contribution < 1.29 is 0 Å². The molecule has 4 aliphatic carbocycles. The fraction of sp³-hybridized carbons (Fsp3) is 0.333. The topological polar surface area (TPSA) is 0 Å². The molecule has 0 amide bonds. The largest absolute Gasteiger partial charge is 0.0776 e. The van der Waals surface area contributed by atoms with Crippen molar-refractivity contribution in [3.8, 4) is 44.5 Å². The van der Waals surface area contributed by atoms with E-state index < -0.39 is 10.8 Å². The molecule has 0 aliphatic heterocycles. The Kier molecular flexibility index (Phi) is 8.47. The zero-order chi connectivity index (χ0) is 43.8. The van der Waals surface area contributed by atoms with Gasteiger partial charge in [0, 0.05) is 0 Å². The maximum absolute atomic E-state index is 2.69. The minimum Gasteiger partial charge on any atom is -0.0776 e. The number of benzene rings is 7. The van der Waals surface area contributed by atoms with Crippen LogP contribution in [0.5, 0.6) is 0 Å². The normalized spacial score (nSPS) is 15.6. The Morgan fingerprint density at radius 2 is 0.460 bits per heavy atom. The highest BCUT2D eigenvalue weighted by molar-refractivity contribution is 6.01. The molecule has 0 atom stereocenters. The lowest BCUT2D eigenvalue weighted by atomic mass is 9.67. The molecule has 0 bridgehead atoms. The van der Waals surface area contributed by atoms with Gasteiger partial charge < -0.3 is 0 Å². The monoisotopic (exact) mass is 823 g/mol. The maximum Gasteiger partial charge on any atom is 0.0726 e. The van der Waals surface area contributed by atoms with Gasteiger partial charge in [0.25, 0.3) is 0 Å². The van der Waals surface area contributed by atoms with Gasteiger partial charge in [0.1, 0.15) is 0 Å². The molecule has 0 heteroatoms. The minimum atomic E-state index is -0.468. The summed E-state index contributed by atoms with van der Waals surface area (Å²) in [7, 11) is 0. The van der Waals surface area contributed by atoms with Gasteiger partial charge in [-0.3, -0.25) is 0 Å². The highest BCUT2D eigenvalue weighted by atomic mass is 14.6. The molecule has 7 aromatic rings. The first-order valence-corrected chi connectivity index (χ1v) is 23.1. The van der Waals surface area contributed by atoms with Gasteiger partial charge in [0.15, 0.2) is 0 Å². The van der Waals surface area contributed by atoms with Crippen LogP contribution in [-0.2, 0) is 32.5 Å². The van der Waals surface area contributed by atoms with E-state index in [1.807, 2.05) is 0 Å². The van der Waals surface area contributed by atoms with Crippen molar-refractivity contribution >= 4 is 0 Å². The Hall–Kier alpha value is -5.46. The molecule has 0 nitrogen and oxygen atoms in total. The molecule has 0 fully saturated rings. The molecule has 0 saturated carbocycles. The Bertz CT molecular complexity index is 2770. The molecule has 0 N–H and O–H groups in total. The van der Waals surface area contributed by atoms with E-state index in [1.54, 1.807) is 0 Å². The average Bonchev–Trinajstić information content (AvgIpc) is 3.85. The van der Waals surface area contributed by atoms with Crippen molar-refractivity contribution in [2.75, 3.05) is 0 Å². The lowest BCUT2D eigenvalue weighted by Crippen LogP contribution is -2.29. The first-order valence-electron chi connectivity index (χ1n) is 23.1. The second kappa shape index (κ2) is 12.8. The predicted molar refractivity (Wildman–Crippen MR) is 270 cm³/mol. The van der Waals surface area contributed by atoms with Crippen LogP contribution in [0, 0.1) is 13.8 Å². The van der Waals surface area contributed by atoms with Crippen LogP contribution < -0.4 is 0 Å². The second-order valence-electron chi connectivity index (χ2n) is 23.6. The molecule has 63 heavy (non-hydrogen) atoms. The summed E-state index contributed by atoms with van der Waals surface area (Å²) in [5.74, 6) is 0. The van der Waals surface area contributed by atoms with E-state index in [4.69, 9.17) is 0 Å². The van der Waals surface area contributed by atoms with E-state index in [0.717, 1.165) is 0 Å². The highest BCUT2D eigenvalue weighted by Crippen LogP contribution is 2.69. The van der Waals surface area contributed by atoms with Crippen molar-refractivity contribution in [2.24, 2.45) is 0 Å². The van der Waals surface area contributed by atoms with Gasteiger partial charge in [-0.1, -0.05) is 211 Å². The highest BCUT2D eigenvalue weighted by Gasteiger charge is 2.57. The van der Waals surface area contributed by atoms with Crippen molar-refractivity contribution in [1.29, 1.82) is 0 Å². The summed E-state index contributed by atoms with van der Waals surface area (Å²) >= 11 is 0. The number of aryl methyl sites for hydroxylation is 2. The Balaban J connectivity index is 0.00000471. The summed E-state index contributed by atoms with van der Waals surface area (Å²) in [6.07, 6.45) is 0. The first-order chi connectivity index (χ1) is 29.0. The van der Waals surface area contributed by atoms with Crippen LogP contribution in [0.2, 0.25) is 0 Å². The molecule has 0 unspecified atom stereocenters. The van der Waals surface area contributed by atoms with E-state index in [0.29, 0.717) is 0 Å². The number of rotatable bonds is 0. The van der Waals surface area contributed by atoms with Crippen molar-refractivity contribution in [3.63, 3.8) is 0 Å². The average molecular weight is 823 g/mol.